The van der Waals surface area contributed by atoms with E-state index in [1.807, 2.05) is 0 Å². The second-order valence-electron chi connectivity index (χ2n) is 3.40. The minimum absolute atomic E-state index is 0.280. The van der Waals surface area contributed by atoms with E-state index in [1.54, 1.807) is 13.8 Å². The van der Waals surface area contributed by atoms with Gasteiger partial charge in [-0.2, -0.15) is 0 Å². The SMILES string of the molecule is CC(C)C(NC(=O)OCC(Cl)(Cl)Cl)C(=O)O. The molecule has 0 radical (unpaired) electrons. The van der Waals surface area contributed by atoms with Crippen LogP contribution in [0.4, 0.5) is 4.79 Å². The average Bonchev–Trinajstić information content (AvgIpc) is 2.08. The molecule has 0 spiro atoms. The lowest BCUT2D eigenvalue weighted by molar-refractivity contribution is -0.140. The lowest BCUT2D eigenvalue weighted by Gasteiger charge is -2.18. The van der Waals surface area contributed by atoms with Crippen LogP contribution in [-0.4, -0.2) is 33.6 Å². The second kappa shape index (κ2) is 6.37. The molecule has 0 aromatic rings. The molecule has 8 heteroatoms. The predicted octanol–water partition coefficient (Wildman–Crippen LogP) is 2.19. The number of rotatable bonds is 4. The van der Waals surface area contributed by atoms with Crippen molar-refractivity contribution in [3.63, 3.8) is 0 Å². The molecule has 0 aromatic heterocycles. The van der Waals surface area contributed by atoms with Gasteiger partial charge in [0.15, 0.2) is 0 Å². The summed E-state index contributed by atoms with van der Waals surface area (Å²) in [5.74, 6) is -1.43. The number of carboxylic acids is 1. The fourth-order valence-electron chi connectivity index (χ4n) is 0.830. The molecule has 0 aromatic carbocycles. The maximum Gasteiger partial charge on any atom is 0.408 e. The van der Waals surface area contributed by atoms with Crippen molar-refractivity contribution in [3.8, 4) is 0 Å². The molecule has 0 saturated heterocycles. The zero-order chi connectivity index (χ0) is 12.9. The smallest absolute Gasteiger partial charge is 0.408 e. The molecule has 0 bridgehead atoms. The lowest BCUT2D eigenvalue weighted by atomic mass is 10.1. The quantitative estimate of drug-likeness (QED) is 0.779. The first-order valence-corrected chi connectivity index (χ1v) is 5.49. The van der Waals surface area contributed by atoms with Gasteiger partial charge in [0, 0.05) is 0 Å². The van der Waals surface area contributed by atoms with Crippen LogP contribution in [0.5, 0.6) is 0 Å². The fraction of sp³-hybridized carbons (Fsp3) is 0.750. The molecule has 0 aliphatic carbocycles. The van der Waals surface area contributed by atoms with Gasteiger partial charge >= 0.3 is 12.1 Å². The van der Waals surface area contributed by atoms with Crippen LogP contribution >= 0.6 is 34.8 Å². The van der Waals surface area contributed by atoms with Crippen molar-refractivity contribution >= 4 is 46.9 Å². The first kappa shape index (κ1) is 15.6. The van der Waals surface area contributed by atoms with E-state index in [0.717, 1.165) is 0 Å². The monoisotopic (exact) mass is 291 g/mol. The van der Waals surface area contributed by atoms with Crippen LogP contribution in [0.25, 0.3) is 0 Å². The summed E-state index contributed by atoms with van der Waals surface area (Å²) in [6, 6.07) is -1.04. The number of alkyl halides is 3. The fourth-order valence-corrected chi connectivity index (χ4v) is 0.993. The van der Waals surface area contributed by atoms with E-state index < -0.39 is 28.5 Å². The largest absolute Gasteiger partial charge is 0.480 e. The van der Waals surface area contributed by atoms with Gasteiger partial charge in [-0.1, -0.05) is 48.7 Å². The highest BCUT2D eigenvalue weighted by atomic mass is 35.6. The molecular weight excluding hydrogens is 280 g/mol. The molecule has 0 heterocycles. The maximum atomic E-state index is 11.1. The van der Waals surface area contributed by atoms with E-state index >= 15 is 0 Å². The van der Waals surface area contributed by atoms with Crippen molar-refractivity contribution in [2.45, 2.75) is 23.7 Å². The second-order valence-corrected chi connectivity index (χ2v) is 5.91. The summed E-state index contributed by atoms with van der Waals surface area (Å²) in [7, 11) is 0. The third kappa shape index (κ3) is 6.98. The van der Waals surface area contributed by atoms with Gasteiger partial charge in [0.2, 0.25) is 3.79 Å². The van der Waals surface area contributed by atoms with E-state index in [2.05, 4.69) is 10.1 Å². The molecule has 0 fully saturated rings. The van der Waals surface area contributed by atoms with E-state index in [-0.39, 0.29) is 5.92 Å². The minimum atomic E-state index is -1.71. The Labute approximate surface area is 108 Å². The number of ether oxygens (including phenoxy) is 1. The first-order chi connectivity index (χ1) is 7.13. The van der Waals surface area contributed by atoms with Crippen LogP contribution < -0.4 is 5.32 Å². The molecule has 1 atom stereocenters. The Balaban J connectivity index is 4.17. The molecule has 0 aliphatic rings. The Bertz CT molecular complexity index is 264. The van der Waals surface area contributed by atoms with Crippen molar-refractivity contribution in [3.05, 3.63) is 0 Å². The molecule has 2 N–H and O–H groups in total. The standard InChI is InChI=1S/C8H12Cl3NO4/c1-4(2)5(6(13)14)12-7(15)16-3-8(9,10)11/h4-5H,3H2,1-2H3,(H,12,15)(H,13,14). The zero-order valence-electron chi connectivity index (χ0n) is 8.67. The van der Waals surface area contributed by atoms with Crippen LogP contribution in [0.2, 0.25) is 0 Å². The summed E-state index contributed by atoms with van der Waals surface area (Å²) in [6.07, 6.45) is -0.938. The third-order valence-electron chi connectivity index (χ3n) is 1.57. The van der Waals surface area contributed by atoms with Crippen molar-refractivity contribution in [2.24, 2.45) is 5.92 Å². The molecule has 1 amide bonds. The summed E-state index contributed by atoms with van der Waals surface area (Å²) in [6.45, 7) is 2.84. The van der Waals surface area contributed by atoms with Crippen LogP contribution in [0.15, 0.2) is 0 Å². The summed E-state index contributed by atoms with van der Waals surface area (Å²) in [5.41, 5.74) is 0. The van der Waals surface area contributed by atoms with Gasteiger partial charge in [0.25, 0.3) is 0 Å². The Morgan fingerprint density at radius 3 is 2.19 bits per heavy atom. The van der Waals surface area contributed by atoms with Gasteiger partial charge in [-0.15, -0.1) is 0 Å². The number of alkyl carbamates (subject to hydrolysis) is 1. The Morgan fingerprint density at radius 2 is 1.88 bits per heavy atom. The maximum absolute atomic E-state index is 11.1. The number of carboxylic acid groups (broad SMARTS) is 1. The Hall–Kier alpha value is -0.390. The number of hydrogen-bond acceptors (Lipinski definition) is 3. The normalized spacial score (nSPS) is 13.4. The number of aliphatic carboxylic acids is 1. The van der Waals surface area contributed by atoms with Gasteiger partial charge in [-0.25, -0.2) is 9.59 Å². The molecule has 16 heavy (non-hydrogen) atoms. The van der Waals surface area contributed by atoms with Crippen LogP contribution in [0, 0.1) is 5.92 Å². The van der Waals surface area contributed by atoms with Gasteiger partial charge < -0.3 is 15.2 Å². The summed E-state index contributed by atoms with van der Waals surface area (Å²) in [5, 5.41) is 10.9. The van der Waals surface area contributed by atoms with Crippen molar-refractivity contribution in [1.29, 1.82) is 0 Å². The van der Waals surface area contributed by atoms with Crippen molar-refractivity contribution in [2.75, 3.05) is 6.61 Å². The first-order valence-electron chi connectivity index (χ1n) is 4.36. The predicted molar refractivity (Wildman–Crippen MR) is 61.0 cm³/mol. The van der Waals surface area contributed by atoms with E-state index in [4.69, 9.17) is 39.9 Å². The van der Waals surface area contributed by atoms with Gasteiger partial charge in [0.1, 0.15) is 12.6 Å². The minimum Gasteiger partial charge on any atom is -0.480 e. The molecule has 0 rings (SSSR count). The molecule has 0 aliphatic heterocycles. The van der Waals surface area contributed by atoms with Gasteiger partial charge in [-0.05, 0) is 5.92 Å². The van der Waals surface area contributed by atoms with E-state index in [9.17, 15) is 9.59 Å². The van der Waals surface area contributed by atoms with Crippen molar-refractivity contribution in [1.82, 2.24) is 5.32 Å². The number of nitrogens with one attached hydrogen (secondary N) is 1. The number of carbonyl (C=O) groups is 2. The molecular formula is C8H12Cl3NO4. The zero-order valence-corrected chi connectivity index (χ0v) is 10.9. The molecule has 94 valence electrons. The van der Waals surface area contributed by atoms with Crippen molar-refractivity contribution < 1.29 is 19.4 Å². The highest BCUT2D eigenvalue weighted by Crippen LogP contribution is 2.25. The number of carbonyl (C=O) groups excluding carboxylic acids is 1. The van der Waals surface area contributed by atoms with Gasteiger partial charge in [-0.3, -0.25) is 0 Å². The van der Waals surface area contributed by atoms with E-state index in [0.29, 0.717) is 0 Å². The number of amides is 1. The number of halogens is 3. The van der Waals surface area contributed by atoms with Crippen LogP contribution in [0.1, 0.15) is 13.8 Å². The Morgan fingerprint density at radius 1 is 1.38 bits per heavy atom. The third-order valence-corrected chi connectivity index (χ3v) is 1.90. The lowest BCUT2D eigenvalue weighted by Crippen LogP contribution is -2.45. The molecule has 5 nitrogen and oxygen atoms in total. The highest BCUT2D eigenvalue weighted by Gasteiger charge is 2.26. The highest BCUT2D eigenvalue weighted by molar-refractivity contribution is 6.67. The van der Waals surface area contributed by atoms with Crippen LogP contribution in [0.3, 0.4) is 0 Å². The topological polar surface area (TPSA) is 75.6 Å². The summed E-state index contributed by atoms with van der Waals surface area (Å²) >= 11 is 16.0. The Kier molecular flexibility index (Phi) is 6.22. The molecule has 0 saturated carbocycles. The summed E-state index contributed by atoms with van der Waals surface area (Å²) in [4.78, 5) is 21.9. The summed E-state index contributed by atoms with van der Waals surface area (Å²) < 4.78 is 2.81. The van der Waals surface area contributed by atoms with Crippen LogP contribution in [-0.2, 0) is 9.53 Å². The number of hydrogen-bond donors (Lipinski definition) is 2. The van der Waals surface area contributed by atoms with E-state index in [1.165, 1.54) is 0 Å². The van der Waals surface area contributed by atoms with Gasteiger partial charge in [0.05, 0.1) is 0 Å². The molecule has 1 unspecified atom stereocenters. The average molecular weight is 293 g/mol.